The lowest BCUT2D eigenvalue weighted by atomic mass is 9.98. The highest BCUT2D eigenvalue weighted by molar-refractivity contribution is 7.99. The molecule has 4 nitrogen and oxygen atoms in total. The lowest BCUT2D eigenvalue weighted by Gasteiger charge is -2.34. The second kappa shape index (κ2) is 8.49. The normalized spacial score (nSPS) is 16.8. The van der Waals surface area contributed by atoms with Crippen LogP contribution in [0.25, 0.3) is 0 Å². The van der Waals surface area contributed by atoms with E-state index in [-0.39, 0.29) is 5.41 Å². The summed E-state index contributed by atoms with van der Waals surface area (Å²) in [5, 5.41) is 3.38. The van der Waals surface area contributed by atoms with Gasteiger partial charge in [0, 0.05) is 55.7 Å². The monoisotopic (exact) mass is 355 g/mol. The third kappa shape index (κ3) is 5.76. The fourth-order valence-corrected chi connectivity index (χ4v) is 4.08. The Hall–Kier alpha value is -0.590. The average Bonchev–Trinajstić information content (AvgIpc) is 2.97. The number of hydrogen-bond acceptors (Lipinski definition) is 5. The van der Waals surface area contributed by atoms with Crippen LogP contribution in [0.5, 0.6) is 0 Å². The van der Waals surface area contributed by atoms with E-state index in [4.69, 9.17) is 4.98 Å². The lowest BCUT2D eigenvalue weighted by Crippen LogP contribution is -2.48. The summed E-state index contributed by atoms with van der Waals surface area (Å²) in [6.07, 6.45) is 0.680. The zero-order chi connectivity index (χ0) is 16.9. The number of piperazine rings is 1. The minimum atomic E-state index is 0.129. The highest BCUT2D eigenvalue weighted by Gasteiger charge is 2.22. The van der Waals surface area contributed by atoms with Crippen LogP contribution in [0.1, 0.15) is 44.8 Å². The number of carbonyl (C=O) groups excluding carboxylic acids is 1. The molecule has 130 valence electrons. The first kappa shape index (κ1) is 18.7. The molecule has 1 aromatic rings. The van der Waals surface area contributed by atoms with Gasteiger partial charge in [0.15, 0.2) is 0 Å². The molecule has 0 saturated carbocycles. The molecule has 2 heterocycles. The van der Waals surface area contributed by atoms with Gasteiger partial charge >= 0.3 is 0 Å². The maximum absolute atomic E-state index is 12.1. The molecule has 0 aliphatic carbocycles. The summed E-state index contributed by atoms with van der Waals surface area (Å²) in [6, 6.07) is 0. The van der Waals surface area contributed by atoms with Gasteiger partial charge in [-0.2, -0.15) is 11.8 Å². The predicted octanol–water partition coefficient (Wildman–Crippen LogP) is 3.23. The van der Waals surface area contributed by atoms with Crippen LogP contribution in [-0.2, 0) is 16.8 Å². The Morgan fingerprint density at radius 1 is 1.30 bits per heavy atom. The topological polar surface area (TPSA) is 36.4 Å². The van der Waals surface area contributed by atoms with Crippen LogP contribution >= 0.6 is 23.1 Å². The van der Waals surface area contributed by atoms with Gasteiger partial charge in [-0.3, -0.25) is 9.69 Å². The first-order valence-corrected chi connectivity index (χ1v) is 10.5. The van der Waals surface area contributed by atoms with E-state index in [1.54, 1.807) is 11.3 Å². The fourth-order valence-electron chi connectivity index (χ4n) is 2.57. The van der Waals surface area contributed by atoms with Crippen molar-refractivity contribution < 1.29 is 4.79 Å². The van der Waals surface area contributed by atoms with Crippen molar-refractivity contribution in [1.29, 1.82) is 0 Å². The Morgan fingerprint density at radius 2 is 2.00 bits per heavy atom. The Kier molecular flexibility index (Phi) is 6.92. The lowest BCUT2D eigenvalue weighted by molar-refractivity contribution is -0.132. The van der Waals surface area contributed by atoms with Crippen molar-refractivity contribution in [2.24, 2.45) is 0 Å². The zero-order valence-corrected chi connectivity index (χ0v) is 16.4. The molecule has 1 aliphatic rings. The second-order valence-electron chi connectivity index (χ2n) is 7.00. The van der Waals surface area contributed by atoms with Gasteiger partial charge in [0.05, 0.1) is 10.7 Å². The van der Waals surface area contributed by atoms with Crippen LogP contribution < -0.4 is 0 Å². The summed E-state index contributed by atoms with van der Waals surface area (Å²) in [5.74, 6) is 2.35. The highest BCUT2D eigenvalue weighted by Crippen LogP contribution is 2.26. The third-order valence-electron chi connectivity index (χ3n) is 3.97. The van der Waals surface area contributed by atoms with Crippen LogP contribution in [0.2, 0.25) is 0 Å². The molecule has 1 aromatic heterocycles. The number of nitrogens with zero attached hydrogens (tertiary/aromatic N) is 3. The molecular weight excluding hydrogens is 326 g/mol. The summed E-state index contributed by atoms with van der Waals surface area (Å²) in [7, 11) is 0. The van der Waals surface area contributed by atoms with Crippen LogP contribution in [-0.4, -0.2) is 58.4 Å². The molecule has 1 aliphatic heterocycles. The summed E-state index contributed by atoms with van der Waals surface area (Å²) in [5.41, 5.74) is 1.30. The van der Waals surface area contributed by atoms with Crippen molar-refractivity contribution in [2.75, 3.05) is 37.7 Å². The van der Waals surface area contributed by atoms with Gasteiger partial charge < -0.3 is 4.90 Å². The number of rotatable bonds is 6. The molecule has 0 aromatic carbocycles. The number of amides is 1. The van der Waals surface area contributed by atoms with Gasteiger partial charge in [0.1, 0.15) is 0 Å². The standard InChI is InChI=1S/C17H29N3OS2/c1-5-22-11-6-15(21)20-9-7-19(8-10-20)12-14-13-23-16(18-14)17(2,3)4/h13H,5-12H2,1-4H3. The quantitative estimate of drug-likeness (QED) is 0.734. The largest absolute Gasteiger partial charge is 0.340 e. The van der Waals surface area contributed by atoms with Gasteiger partial charge in [-0.1, -0.05) is 27.7 Å². The third-order valence-corrected chi connectivity index (χ3v) is 6.19. The van der Waals surface area contributed by atoms with Crippen LogP contribution in [0.3, 0.4) is 0 Å². The Morgan fingerprint density at radius 3 is 2.57 bits per heavy atom. The molecule has 0 unspecified atom stereocenters. The smallest absolute Gasteiger partial charge is 0.223 e. The molecule has 0 N–H and O–H groups in total. The summed E-state index contributed by atoms with van der Waals surface area (Å²) < 4.78 is 0. The maximum atomic E-state index is 12.1. The molecule has 0 radical (unpaired) electrons. The molecule has 1 amide bonds. The van der Waals surface area contributed by atoms with Gasteiger partial charge in [-0.15, -0.1) is 11.3 Å². The van der Waals surface area contributed by atoms with Crippen LogP contribution in [0, 0.1) is 0 Å². The maximum Gasteiger partial charge on any atom is 0.223 e. The molecular formula is C17H29N3OS2. The SMILES string of the molecule is CCSCCC(=O)N1CCN(Cc2csc(C(C)(C)C)n2)CC1. The Bertz CT molecular complexity index is 502. The summed E-state index contributed by atoms with van der Waals surface area (Å²) >= 11 is 3.60. The first-order valence-electron chi connectivity index (χ1n) is 8.43. The fraction of sp³-hybridized carbons (Fsp3) is 0.765. The summed E-state index contributed by atoms with van der Waals surface area (Å²) in [6.45, 7) is 13.3. The minimum absolute atomic E-state index is 0.129. The highest BCUT2D eigenvalue weighted by atomic mass is 32.2. The Balaban J connectivity index is 1.76. The van der Waals surface area contributed by atoms with E-state index in [2.05, 4.69) is 38.0 Å². The molecule has 6 heteroatoms. The van der Waals surface area contributed by atoms with Crippen molar-refractivity contribution in [3.63, 3.8) is 0 Å². The average molecular weight is 356 g/mol. The molecule has 1 saturated heterocycles. The van der Waals surface area contributed by atoms with E-state index >= 15 is 0 Å². The molecule has 0 spiro atoms. The second-order valence-corrected chi connectivity index (χ2v) is 9.25. The van der Waals surface area contributed by atoms with E-state index in [1.807, 2.05) is 16.7 Å². The molecule has 1 fully saturated rings. The first-order chi connectivity index (χ1) is 10.9. The van der Waals surface area contributed by atoms with Gasteiger partial charge in [0.2, 0.25) is 5.91 Å². The van der Waals surface area contributed by atoms with Gasteiger partial charge in [-0.05, 0) is 5.75 Å². The Labute approximate surface area is 148 Å². The van der Waals surface area contributed by atoms with E-state index in [0.717, 1.165) is 44.2 Å². The van der Waals surface area contributed by atoms with Gasteiger partial charge in [0.25, 0.3) is 0 Å². The molecule has 0 bridgehead atoms. The van der Waals surface area contributed by atoms with Crippen molar-refractivity contribution in [3.05, 3.63) is 16.1 Å². The summed E-state index contributed by atoms with van der Waals surface area (Å²) in [4.78, 5) is 21.3. The van der Waals surface area contributed by atoms with Crippen molar-refractivity contribution in [2.45, 2.75) is 46.1 Å². The van der Waals surface area contributed by atoms with Crippen LogP contribution in [0.4, 0.5) is 0 Å². The molecule has 23 heavy (non-hydrogen) atoms. The number of aromatic nitrogens is 1. The number of hydrogen-bond donors (Lipinski definition) is 0. The van der Waals surface area contributed by atoms with E-state index in [1.165, 1.54) is 10.7 Å². The minimum Gasteiger partial charge on any atom is -0.340 e. The van der Waals surface area contributed by atoms with Gasteiger partial charge in [-0.25, -0.2) is 4.98 Å². The van der Waals surface area contributed by atoms with Crippen molar-refractivity contribution in [1.82, 2.24) is 14.8 Å². The molecule has 2 rings (SSSR count). The molecule has 0 atom stereocenters. The van der Waals surface area contributed by atoms with E-state index in [0.29, 0.717) is 12.3 Å². The van der Waals surface area contributed by atoms with Crippen LogP contribution in [0.15, 0.2) is 5.38 Å². The number of carbonyl (C=O) groups is 1. The van der Waals surface area contributed by atoms with Crippen molar-refractivity contribution >= 4 is 29.0 Å². The number of thiazole rings is 1. The predicted molar refractivity (Wildman–Crippen MR) is 100 cm³/mol. The van der Waals surface area contributed by atoms with E-state index < -0.39 is 0 Å². The number of thioether (sulfide) groups is 1. The zero-order valence-electron chi connectivity index (χ0n) is 14.8. The van der Waals surface area contributed by atoms with Crippen molar-refractivity contribution in [3.8, 4) is 0 Å². The van der Waals surface area contributed by atoms with E-state index in [9.17, 15) is 4.79 Å².